The molecule has 2 aromatic rings. The van der Waals surface area contributed by atoms with E-state index >= 15 is 0 Å². The molecule has 18 heavy (non-hydrogen) atoms. The molecule has 0 saturated carbocycles. The van der Waals surface area contributed by atoms with Crippen LogP contribution in [-0.4, -0.2) is 15.9 Å². The van der Waals surface area contributed by atoms with Crippen molar-refractivity contribution in [1.29, 1.82) is 0 Å². The van der Waals surface area contributed by atoms with E-state index in [1.54, 1.807) is 30.3 Å². The van der Waals surface area contributed by atoms with Gasteiger partial charge in [-0.15, -0.1) is 0 Å². The van der Waals surface area contributed by atoms with Crippen LogP contribution in [0.5, 0.6) is 0 Å². The molecule has 5 heteroatoms. The van der Waals surface area contributed by atoms with Crippen molar-refractivity contribution in [3.8, 4) is 0 Å². The molecule has 0 N–H and O–H groups in total. The molecule has 0 amide bonds. The average molecular weight is 242 g/mol. The first-order valence-electron chi connectivity index (χ1n) is 5.28. The SMILES string of the molecule is O=[N+]([O-])c1ccccc1[N+]([O-])=Cc1ccccc1. The van der Waals surface area contributed by atoms with Crippen LogP contribution in [0.4, 0.5) is 11.4 Å². The Morgan fingerprint density at radius 3 is 2.00 bits per heavy atom. The van der Waals surface area contributed by atoms with Gasteiger partial charge in [0.25, 0.3) is 5.69 Å². The summed E-state index contributed by atoms with van der Waals surface area (Å²) in [5, 5.41) is 22.7. The predicted molar refractivity (Wildman–Crippen MR) is 68.0 cm³/mol. The second-order valence-corrected chi connectivity index (χ2v) is 3.61. The maximum atomic E-state index is 11.9. The van der Waals surface area contributed by atoms with E-state index in [2.05, 4.69) is 0 Å². The molecule has 0 aliphatic heterocycles. The fraction of sp³-hybridized carbons (Fsp3) is 0. The van der Waals surface area contributed by atoms with Crippen molar-refractivity contribution in [1.82, 2.24) is 0 Å². The van der Waals surface area contributed by atoms with Crippen molar-refractivity contribution in [2.75, 3.05) is 0 Å². The number of hydrogen-bond acceptors (Lipinski definition) is 3. The highest BCUT2D eigenvalue weighted by molar-refractivity contribution is 5.77. The van der Waals surface area contributed by atoms with E-state index in [4.69, 9.17) is 0 Å². The average Bonchev–Trinajstić information content (AvgIpc) is 2.40. The third-order valence-electron chi connectivity index (χ3n) is 2.38. The Kier molecular flexibility index (Phi) is 3.33. The number of benzene rings is 2. The van der Waals surface area contributed by atoms with Gasteiger partial charge in [-0.3, -0.25) is 10.1 Å². The molecule has 0 bridgehead atoms. The zero-order chi connectivity index (χ0) is 13.0. The van der Waals surface area contributed by atoms with Crippen LogP contribution in [0, 0.1) is 15.3 Å². The molecule has 0 aliphatic carbocycles. The van der Waals surface area contributed by atoms with Gasteiger partial charge in [-0.25, -0.2) is 0 Å². The van der Waals surface area contributed by atoms with Crippen LogP contribution >= 0.6 is 0 Å². The standard InChI is InChI=1S/C13H10N2O3/c16-14(10-11-6-2-1-3-7-11)12-8-4-5-9-13(12)15(17)18/h1-10H. The molecule has 0 atom stereocenters. The summed E-state index contributed by atoms with van der Waals surface area (Å²) in [6, 6.07) is 14.8. The zero-order valence-electron chi connectivity index (χ0n) is 9.39. The fourth-order valence-electron chi connectivity index (χ4n) is 1.55. The quantitative estimate of drug-likeness (QED) is 0.273. The predicted octanol–water partition coefficient (Wildman–Crippen LogP) is 2.86. The van der Waals surface area contributed by atoms with Gasteiger partial charge in [-0.2, -0.15) is 4.74 Å². The largest absolute Gasteiger partial charge is 0.618 e. The molecule has 0 spiro atoms. The van der Waals surface area contributed by atoms with Crippen molar-refractivity contribution in [2.24, 2.45) is 0 Å². The van der Waals surface area contributed by atoms with E-state index in [0.717, 1.165) is 0 Å². The molecule has 90 valence electrons. The number of nitro groups is 1. The minimum Gasteiger partial charge on any atom is -0.618 e. The van der Waals surface area contributed by atoms with Crippen molar-refractivity contribution in [2.45, 2.75) is 0 Å². The molecule has 0 saturated heterocycles. The Balaban J connectivity index is 2.43. The Hall–Kier alpha value is -2.69. The second-order valence-electron chi connectivity index (χ2n) is 3.61. The monoisotopic (exact) mass is 242 g/mol. The van der Waals surface area contributed by atoms with Crippen LogP contribution in [0.2, 0.25) is 0 Å². The van der Waals surface area contributed by atoms with E-state index in [9.17, 15) is 15.3 Å². The highest BCUT2D eigenvalue weighted by atomic mass is 16.6. The maximum Gasteiger partial charge on any atom is 0.341 e. The van der Waals surface area contributed by atoms with Crippen molar-refractivity contribution < 1.29 is 9.66 Å². The van der Waals surface area contributed by atoms with Gasteiger partial charge in [0, 0.05) is 17.7 Å². The number of nitro benzene ring substituents is 1. The van der Waals surface area contributed by atoms with E-state index in [0.29, 0.717) is 10.3 Å². The summed E-state index contributed by atoms with van der Waals surface area (Å²) in [6.45, 7) is 0. The lowest BCUT2D eigenvalue weighted by molar-refractivity contribution is -0.410. The van der Waals surface area contributed by atoms with Crippen LogP contribution in [0.3, 0.4) is 0 Å². The van der Waals surface area contributed by atoms with Crippen LogP contribution in [-0.2, 0) is 0 Å². The summed E-state index contributed by atoms with van der Waals surface area (Å²) in [7, 11) is 0. The van der Waals surface area contributed by atoms with Gasteiger partial charge in [0.15, 0.2) is 6.21 Å². The Labute approximate surface area is 103 Å². The minimum absolute atomic E-state index is 0.0198. The zero-order valence-corrected chi connectivity index (χ0v) is 9.39. The van der Waals surface area contributed by atoms with E-state index in [1.165, 1.54) is 24.4 Å². The maximum absolute atomic E-state index is 11.9. The molecule has 0 aromatic heterocycles. The van der Waals surface area contributed by atoms with Crippen LogP contribution in [0.1, 0.15) is 5.56 Å². The first-order valence-corrected chi connectivity index (χ1v) is 5.28. The summed E-state index contributed by atoms with van der Waals surface area (Å²) in [5.41, 5.74) is 0.497. The van der Waals surface area contributed by atoms with Gasteiger partial charge < -0.3 is 5.21 Å². The van der Waals surface area contributed by atoms with Crippen molar-refractivity contribution in [3.63, 3.8) is 0 Å². The molecular weight excluding hydrogens is 232 g/mol. The summed E-state index contributed by atoms with van der Waals surface area (Å²) in [5.74, 6) is 0. The third-order valence-corrected chi connectivity index (χ3v) is 2.38. The third kappa shape index (κ3) is 2.52. The Bertz CT molecular complexity index is 594. The molecular formula is C13H10N2O3. The Morgan fingerprint density at radius 2 is 1.39 bits per heavy atom. The summed E-state index contributed by atoms with van der Waals surface area (Å²) in [6.07, 6.45) is 1.31. The molecule has 0 unspecified atom stereocenters. The minimum atomic E-state index is -0.570. The molecule has 0 fully saturated rings. The van der Waals surface area contributed by atoms with E-state index in [-0.39, 0.29) is 11.4 Å². The van der Waals surface area contributed by atoms with Crippen LogP contribution in [0.25, 0.3) is 0 Å². The number of rotatable bonds is 3. The smallest absolute Gasteiger partial charge is 0.341 e. The summed E-state index contributed by atoms with van der Waals surface area (Å²) >= 11 is 0. The molecule has 5 nitrogen and oxygen atoms in total. The van der Waals surface area contributed by atoms with Crippen LogP contribution < -0.4 is 0 Å². The first kappa shape index (κ1) is 11.8. The fourth-order valence-corrected chi connectivity index (χ4v) is 1.55. The highest BCUT2D eigenvalue weighted by Crippen LogP contribution is 2.25. The lowest BCUT2D eigenvalue weighted by Crippen LogP contribution is -2.02. The lowest BCUT2D eigenvalue weighted by atomic mass is 10.2. The first-order chi connectivity index (χ1) is 8.68. The van der Waals surface area contributed by atoms with Gasteiger partial charge in [-0.1, -0.05) is 30.3 Å². The van der Waals surface area contributed by atoms with Crippen LogP contribution in [0.15, 0.2) is 54.6 Å². The number of para-hydroxylation sites is 2. The van der Waals surface area contributed by atoms with Gasteiger partial charge in [-0.05, 0) is 12.1 Å². The van der Waals surface area contributed by atoms with Gasteiger partial charge >= 0.3 is 5.69 Å². The molecule has 0 aliphatic rings. The summed E-state index contributed by atoms with van der Waals surface area (Å²) in [4.78, 5) is 10.2. The Morgan fingerprint density at radius 1 is 0.833 bits per heavy atom. The molecule has 0 heterocycles. The highest BCUT2D eigenvalue weighted by Gasteiger charge is 2.19. The normalized spacial score (nSPS) is 11.2. The van der Waals surface area contributed by atoms with Gasteiger partial charge in [0.2, 0.25) is 0 Å². The summed E-state index contributed by atoms with van der Waals surface area (Å²) < 4.78 is 0.507. The topological polar surface area (TPSA) is 69.2 Å². The van der Waals surface area contributed by atoms with Crippen molar-refractivity contribution in [3.05, 3.63) is 75.5 Å². The van der Waals surface area contributed by atoms with Gasteiger partial charge in [0.05, 0.1) is 4.92 Å². The number of nitrogens with zero attached hydrogens (tertiary/aromatic N) is 2. The molecule has 2 rings (SSSR count). The number of hydrogen-bond donors (Lipinski definition) is 0. The molecule has 2 aromatic carbocycles. The molecule has 0 radical (unpaired) electrons. The van der Waals surface area contributed by atoms with Crippen molar-refractivity contribution >= 4 is 17.6 Å². The van der Waals surface area contributed by atoms with E-state index < -0.39 is 4.92 Å². The second kappa shape index (κ2) is 5.09. The van der Waals surface area contributed by atoms with Gasteiger partial charge in [0.1, 0.15) is 0 Å². The lowest BCUT2D eigenvalue weighted by Gasteiger charge is -2.03. The van der Waals surface area contributed by atoms with E-state index in [1.807, 2.05) is 6.07 Å².